The molecule has 2 N–H and O–H groups in total. The Morgan fingerprint density at radius 2 is 1.79 bits per heavy atom. The van der Waals surface area contributed by atoms with Crippen molar-refractivity contribution in [3.05, 3.63) is 57.1 Å². The third-order valence-corrected chi connectivity index (χ3v) is 3.75. The number of nitrogens with two attached hydrogens (primary N) is 1. The fourth-order valence-electron chi connectivity index (χ4n) is 1.85. The van der Waals surface area contributed by atoms with Crippen LogP contribution in [0.4, 0.5) is 5.69 Å². The number of rotatable bonds is 3. The highest BCUT2D eigenvalue weighted by molar-refractivity contribution is 6.42. The molecule has 4 heteroatoms. The van der Waals surface area contributed by atoms with E-state index in [9.17, 15) is 0 Å². The lowest BCUT2D eigenvalue weighted by Gasteiger charge is -2.14. The molecule has 0 atom stereocenters. The van der Waals surface area contributed by atoms with Gasteiger partial charge in [0.1, 0.15) is 12.4 Å². The van der Waals surface area contributed by atoms with Crippen molar-refractivity contribution in [2.75, 3.05) is 5.73 Å². The predicted octanol–water partition coefficient (Wildman–Crippen LogP) is 4.77. The summed E-state index contributed by atoms with van der Waals surface area (Å²) < 4.78 is 5.85. The fraction of sp³-hybridized carbons (Fsp3) is 0.200. The molecule has 0 aliphatic carbocycles. The smallest absolute Gasteiger partial charge is 0.127 e. The number of hydrogen-bond acceptors (Lipinski definition) is 2. The normalized spacial score (nSPS) is 10.5. The van der Waals surface area contributed by atoms with Crippen LogP contribution in [-0.4, -0.2) is 0 Å². The Hall–Kier alpha value is -1.38. The largest absolute Gasteiger partial charge is 0.488 e. The van der Waals surface area contributed by atoms with Crippen LogP contribution in [0.2, 0.25) is 10.0 Å². The van der Waals surface area contributed by atoms with Crippen LogP contribution >= 0.6 is 23.2 Å². The SMILES string of the molecule is Cc1ccc(N)c(C)c1OCc1ccc(Cl)c(Cl)c1. The summed E-state index contributed by atoms with van der Waals surface area (Å²) >= 11 is 11.9. The van der Waals surface area contributed by atoms with E-state index in [-0.39, 0.29) is 0 Å². The first-order valence-corrected chi connectivity index (χ1v) is 6.67. The maximum absolute atomic E-state index is 5.98. The van der Waals surface area contributed by atoms with E-state index < -0.39 is 0 Å². The summed E-state index contributed by atoms with van der Waals surface area (Å²) in [6.07, 6.45) is 0. The van der Waals surface area contributed by atoms with Gasteiger partial charge in [0.2, 0.25) is 0 Å². The fourth-order valence-corrected chi connectivity index (χ4v) is 2.17. The van der Waals surface area contributed by atoms with E-state index in [4.69, 9.17) is 33.7 Å². The molecule has 0 saturated carbocycles. The molecule has 19 heavy (non-hydrogen) atoms. The van der Waals surface area contributed by atoms with Gasteiger partial charge in [0, 0.05) is 11.3 Å². The Labute approximate surface area is 123 Å². The highest BCUT2D eigenvalue weighted by Gasteiger charge is 2.08. The summed E-state index contributed by atoms with van der Waals surface area (Å²) in [4.78, 5) is 0. The lowest BCUT2D eigenvalue weighted by Crippen LogP contribution is -2.01. The van der Waals surface area contributed by atoms with Crippen molar-refractivity contribution >= 4 is 28.9 Å². The van der Waals surface area contributed by atoms with Crippen LogP contribution in [0.5, 0.6) is 5.75 Å². The number of halogens is 2. The van der Waals surface area contributed by atoms with Crippen LogP contribution in [0.3, 0.4) is 0 Å². The van der Waals surface area contributed by atoms with Gasteiger partial charge < -0.3 is 10.5 Å². The molecule has 2 aromatic rings. The number of anilines is 1. The first-order chi connectivity index (χ1) is 8.99. The topological polar surface area (TPSA) is 35.2 Å². The van der Waals surface area contributed by atoms with Gasteiger partial charge in [-0.25, -0.2) is 0 Å². The van der Waals surface area contributed by atoms with Crippen LogP contribution in [0, 0.1) is 13.8 Å². The van der Waals surface area contributed by atoms with Crippen molar-refractivity contribution in [1.82, 2.24) is 0 Å². The summed E-state index contributed by atoms with van der Waals surface area (Å²) in [7, 11) is 0. The van der Waals surface area contributed by atoms with Gasteiger partial charge in [-0.2, -0.15) is 0 Å². The van der Waals surface area contributed by atoms with Gasteiger partial charge in [0.15, 0.2) is 0 Å². The molecule has 0 aliphatic heterocycles. The molecule has 0 amide bonds. The molecule has 0 bridgehead atoms. The second kappa shape index (κ2) is 5.72. The summed E-state index contributed by atoms with van der Waals surface area (Å²) in [5.41, 5.74) is 9.60. The van der Waals surface area contributed by atoms with Gasteiger partial charge in [-0.15, -0.1) is 0 Å². The van der Waals surface area contributed by atoms with Crippen LogP contribution in [0.1, 0.15) is 16.7 Å². The molecule has 0 aliphatic rings. The molecule has 0 saturated heterocycles. The summed E-state index contributed by atoms with van der Waals surface area (Å²) in [5, 5.41) is 1.07. The summed E-state index contributed by atoms with van der Waals surface area (Å²) in [5.74, 6) is 0.825. The van der Waals surface area contributed by atoms with Gasteiger partial charge in [-0.05, 0) is 43.2 Å². The minimum Gasteiger partial charge on any atom is -0.488 e. The third-order valence-electron chi connectivity index (χ3n) is 3.01. The molecule has 0 fully saturated rings. The van der Waals surface area contributed by atoms with Crippen molar-refractivity contribution in [3.8, 4) is 5.75 Å². The lowest BCUT2D eigenvalue weighted by atomic mass is 10.1. The zero-order valence-electron chi connectivity index (χ0n) is 10.8. The van der Waals surface area contributed by atoms with E-state index in [0.717, 1.165) is 28.1 Å². The molecule has 0 spiro atoms. The van der Waals surface area contributed by atoms with Crippen LogP contribution < -0.4 is 10.5 Å². The maximum Gasteiger partial charge on any atom is 0.127 e. The van der Waals surface area contributed by atoms with Gasteiger partial charge in [0.25, 0.3) is 0 Å². The molecule has 0 radical (unpaired) electrons. The predicted molar refractivity (Wildman–Crippen MR) is 81.1 cm³/mol. The van der Waals surface area contributed by atoms with Crippen molar-refractivity contribution < 1.29 is 4.74 Å². The van der Waals surface area contributed by atoms with Crippen LogP contribution in [0.15, 0.2) is 30.3 Å². The maximum atomic E-state index is 5.98. The molecule has 2 rings (SSSR count). The highest BCUT2D eigenvalue weighted by atomic mass is 35.5. The Bertz CT molecular complexity index is 611. The number of hydrogen-bond donors (Lipinski definition) is 1. The van der Waals surface area contributed by atoms with Crippen molar-refractivity contribution in [1.29, 1.82) is 0 Å². The van der Waals surface area contributed by atoms with Crippen molar-refractivity contribution in [3.63, 3.8) is 0 Å². The van der Waals surface area contributed by atoms with E-state index in [1.54, 1.807) is 12.1 Å². The van der Waals surface area contributed by atoms with Gasteiger partial charge >= 0.3 is 0 Å². The molecular weight excluding hydrogens is 281 g/mol. The first kappa shape index (κ1) is 14.0. The third kappa shape index (κ3) is 3.14. The first-order valence-electron chi connectivity index (χ1n) is 5.91. The Kier molecular flexibility index (Phi) is 4.23. The van der Waals surface area contributed by atoms with E-state index in [1.807, 2.05) is 32.0 Å². The zero-order valence-corrected chi connectivity index (χ0v) is 12.3. The standard InChI is InChI=1S/C15H15Cl2NO/c1-9-3-6-14(18)10(2)15(9)19-8-11-4-5-12(16)13(17)7-11/h3-7H,8,18H2,1-2H3. The molecule has 0 heterocycles. The number of benzene rings is 2. The number of aryl methyl sites for hydroxylation is 1. The van der Waals surface area contributed by atoms with Crippen LogP contribution in [-0.2, 0) is 6.61 Å². The average molecular weight is 296 g/mol. The van der Waals surface area contributed by atoms with Gasteiger partial charge in [0.05, 0.1) is 10.0 Å². The van der Waals surface area contributed by atoms with E-state index in [2.05, 4.69) is 0 Å². The molecule has 0 aromatic heterocycles. The molecular formula is C15H15Cl2NO. The van der Waals surface area contributed by atoms with Gasteiger partial charge in [-0.3, -0.25) is 0 Å². The second-order valence-electron chi connectivity index (χ2n) is 4.46. The molecule has 0 unspecified atom stereocenters. The Morgan fingerprint density at radius 1 is 1.05 bits per heavy atom. The quantitative estimate of drug-likeness (QED) is 0.828. The molecule has 2 aromatic carbocycles. The van der Waals surface area contributed by atoms with E-state index in [0.29, 0.717) is 16.7 Å². The molecule has 100 valence electrons. The minimum absolute atomic E-state index is 0.433. The van der Waals surface area contributed by atoms with Crippen molar-refractivity contribution in [2.45, 2.75) is 20.5 Å². The van der Waals surface area contributed by atoms with E-state index in [1.165, 1.54) is 0 Å². The van der Waals surface area contributed by atoms with E-state index >= 15 is 0 Å². The summed E-state index contributed by atoms with van der Waals surface area (Å²) in [6, 6.07) is 9.30. The van der Waals surface area contributed by atoms with Crippen molar-refractivity contribution in [2.24, 2.45) is 0 Å². The summed E-state index contributed by atoms with van der Waals surface area (Å²) in [6.45, 7) is 4.38. The lowest BCUT2D eigenvalue weighted by molar-refractivity contribution is 0.302. The monoisotopic (exact) mass is 295 g/mol. The van der Waals surface area contributed by atoms with Crippen LogP contribution in [0.25, 0.3) is 0 Å². The zero-order chi connectivity index (χ0) is 14.0. The number of ether oxygens (including phenoxy) is 1. The highest BCUT2D eigenvalue weighted by Crippen LogP contribution is 2.29. The Morgan fingerprint density at radius 3 is 2.47 bits per heavy atom. The molecule has 2 nitrogen and oxygen atoms in total. The van der Waals surface area contributed by atoms with Gasteiger partial charge in [-0.1, -0.05) is 35.3 Å². The number of nitrogen functional groups attached to an aromatic ring is 1. The minimum atomic E-state index is 0.433. The average Bonchev–Trinajstić information content (AvgIpc) is 2.38. The Balaban J connectivity index is 2.19. The second-order valence-corrected chi connectivity index (χ2v) is 5.28.